The van der Waals surface area contributed by atoms with Crippen LogP contribution in [0, 0.1) is 11.6 Å². The Kier molecular flexibility index (Phi) is 6.31. The maximum atomic E-state index is 14.9. The highest BCUT2D eigenvalue weighted by Crippen LogP contribution is 2.38. The summed E-state index contributed by atoms with van der Waals surface area (Å²) in [6.07, 6.45) is 3.44. The molecule has 0 aliphatic carbocycles. The molecule has 0 heterocycles. The first-order valence-electron chi connectivity index (χ1n) is 10.9. The Hall–Kier alpha value is -3.20. The van der Waals surface area contributed by atoms with Gasteiger partial charge in [-0.05, 0) is 64.9 Å². The second-order valence-corrected chi connectivity index (χ2v) is 7.68. The molecule has 0 radical (unpaired) electrons. The fourth-order valence-corrected chi connectivity index (χ4v) is 4.02. The highest BCUT2D eigenvalue weighted by atomic mass is 19.2. The van der Waals surface area contributed by atoms with Crippen LogP contribution in [0.1, 0.15) is 32.3 Å². The van der Waals surface area contributed by atoms with Crippen LogP contribution in [0.5, 0.6) is 5.75 Å². The van der Waals surface area contributed by atoms with Gasteiger partial charge in [-0.25, -0.2) is 4.39 Å². The highest BCUT2D eigenvalue weighted by molar-refractivity contribution is 6.05. The molecule has 0 aromatic heterocycles. The van der Waals surface area contributed by atoms with E-state index >= 15 is 0 Å². The number of benzene rings is 4. The molecule has 0 saturated heterocycles. The van der Waals surface area contributed by atoms with E-state index in [1.807, 2.05) is 36.4 Å². The van der Waals surface area contributed by atoms with Crippen molar-refractivity contribution in [2.45, 2.75) is 33.1 Å². The van der Waals surface area contributed by atoms with Gasteiger partial charge in [0.25, 0.3) is 0 Å². The van der Waals surface area contributed by atoms with Crippen molar-refractivity contribution in [1.82, 2.24) is 0 Å². The van der Waals surface area contributed by atoms with Crippen molar-refractivity contribution in [3.05, 3.63) is 90.0 Å². The summed E-state index contributed by atoms with van der Waals surface area (Å²) in [5.74, 6) is -1.90. The molecule has 0 atom stereocenters. The maximum absolute atomic E-state index is 14.9. The van der Waals surface area contributed by atoms with Gasteiger partial charge in [-0.3, -0.25) is 0 Å². The first kappa shape index (κ1) is 21.0. The van der Waals surface area contributed by atoms with Gasteiger partial charge in [0.1, 0.15) is 0 Å². The van der Waals surface area contributed by atoms with E-state index in [-0.39, 0.29) is 17.9 Å². The lowest BCUT2D eigenvalue weighted by Gasteiger charge is -2.14. The normalized spacial score (nSPS) is 11.1. The number of aryl methyl sites for hydroxylation is 1. The number of halogens is 2. The quantitative estimate of drug-likeness (QED) is 0.295. The highest BCUT2D eigenvalue weighted by Gasteiger charge is 2.18. The zero-order valence-corrected chi connectivity index (χ0v) is 17.9. The van der Waals surface area contributed by atoms with E-state index in [9.17, 15) is 8.78 Å². The van der Waals surface area contributed by atoms with Crippen LogP contribution in [-0.4, -0.2) is 6.61 Å². The lowest BCUT2D eigenvalue weighted by atomic mass is 9.91. The predicted molar refractivity (Wildman–Crippen MR) is 125 cm³/mol. The van der Waals surface area contributed by atoms with E-state index in [1.165, 1.54) is 24.5 Å². The Morgan fingerprint density at radius 3 is 2.00 bits per heavy atom. The van der Waals surface area contributed by atoms with Crippen LogP contribution >= 0.6 is 0 Å². The smallest absolute Gasteiger partial charge is 0.201 e. The average Bonchev–Trinajstić information content (AvgIpc) is 2.81. The molecule has 0 amide bonds. The van der Waals surface area contributed by atoms with E-state index in [1.54, 1.807) is 13.0 Å². The van der Waals surface area contributed by atoms with Crippen LogP contribution in [0.15, 0.2) is 72.8 Å². The van der Waals surface area contributed by atoms with Gasteiger partial charge in [-0.2, -0.15) is 4.39 Å². The van der Waals surface area contributed by atoms with Crippen LogP contribution in [0.3, 0.4) is 0 Å². The molecule has 158 valence electrons. The van der Waals surface area contributed by atoms with Crippen LogP contribution < -0.4 is 4.74 Å². The first-order chi connectivity index (χ1) is 15.1. The Labute approximate surface area is 182 Å². The average molecular weight is 417 g/mol. The molecule has 4 aromatic carbocycles. The number of ether oxygens (including phenoxy) is 1. The minimum atomic E-state index is -0.949. The lowest BCUT2D eigenvalue weighted by Crippen LogP contribution is -1.99. The summed E-state index contributed by atoms with van der Waals surface area (Å²) in [7, 11) is 0. The van der Waals surface area contributed by atoms with Gasteiger partial charge < -0.3 is 4.74 Å². The summed E-state index contributed by atoms with van der Waals surface area (Å²) in [4.78, 5) is 0. The molecule has 31 heavy (non-hydrogen) atoms. The third-order valence-electron chi connectivity index (χ3n) is 5.64. The third kappa shape index (κ3) is 4.18. The van der Waals surface area contributed by atoms with Crippen molar-refractivity contribution < 1.29 is 13.5 Å². The minimum absolute atomic E-state index is 0.0622. The molecule has 3 heteroatoms. The van der Waals surface area contributed by atoms with Crippen molar-refractivity contribution in [3.63, 3.8) is 0 Å². The molecular weight excluding hydrogens is 390 g/mol. The number of hydrogen-bond acceptors (Lipinski definition) is 1. The first-order valence-corrected chi connectivity index (χ1v) is 10.9. The molecule has 0 fully saturated rings. The predicted octanol–water partition coefficient (Wildman–Crippen LogP) is 8.19. The van der Waals surface area contributed by atoms with Crippen molar-refractivity contribution in [2.75, 3.05) is 6.61 Å². The van der Waals surface area contributed by atoms with E-state index in [0.29, 0.717) is 5.56 Å². The molecule has 0 N–H and O–H groups in total. The van der Waals surface area contributed by atoms with Crippen molar-refractivity contribution >= 4 is 10.8 Å². The van der Waals surface area contributed by atoms with Gasteiger partial charge >= 0.3 is 0 Å². The molecule has 0 aliphatic rings. The van der Waals surface area contributed by atoms with E-state index in [4.69, 9.17) is 4.74 Å². The second kappa shape index (κ2) is 9.30. The van der Waals surface area contributed by atoms with E-state index in [0.717, 1.165) is 28.3 Å². The minimum Gasteiger partial charge on any atom is -0.491 e. The Morgan fingerprint density at radius 2 is 1.32 bits per heavy atom. The Balaban J connectivity index is 1.80. The molecule has 0 bridgehead atoms. The van der Waals surface area contributed by atoms with Crippen LogP contribution in [-0.2, 0) is 6.42 Å². The largest absolute Gasteiger partial charge is 0.491 e. The summed E-state index contributed by atoms with van der Waals surface area (Å²) in [5, 5.41) is 1.90. The summed E-state index contributed by atoms with van der Waals surface area (Å²) in [6.45, 7) is 4.22. The second-order valence-electron chi connectivity index (χ2n) is 7.68. The molecule has 1 nitrogen and oxygen atoms in total. The summed E-state index contributed by atoms with van der Waals surface area (Å²) >= 11 is 0. The molecular formula is C28H26F2O. The van der Waals surface area contributed by atoms with Gasteiger partial charge in [-0.1, -0.05) is 74.0 Å². The van der Waals surface area contributed by atoms with Crippen molar-refractivity contribution in [3.8, 4) is 28.0 Å². The fourth-order valence-electron chi connectivity index (χ4n) is 4.02. The lowest BCUT2D eigenvalue weighted by molar-refractivity contribution is 0.314. The maximum Gasteiger partial charge on any atom is 0.201 e. The van der Waals surface area contributed by atoms with Gasteiger partial charge in [0, 0.05) is 5.56 Å². The van der Waals surface area contributed by atoms with Crippen LogP contribution in [0.4, 0.5) is 8.78 Å². The molecule has 0 spiro atoms. The zero-order chi connectivity index (χ0) is 21.8. The molecule has 0 aliphatic heterocycles. The molecule has 0 unspecified atom stereocenters. The Morgan fingerprint density at radius 1 is 0.677 bits per heavy atom. The van der Waals surface area contributed by atoms with Crippen molar-refractivity contribution in [2.24, 2.45) is 0 Å². The van der Waals surface area contributed by atoms with Crippen LogP contribution in [0.2, 0.25) is 0 Å². The summed E-state index contributed by atoms with van der Waals surface area (Å²) in [5.41, 5.74) is 4.42. The van der Waals surface area contributed by atoms with Gasteiger partial charge in [0.05, 0.1) is 6.61 Å². The number of hydrogen-bond donors (Lipinski definition) is 0. The van der Waals surface area contributed by atoms with Crippen molar-refractivity contribution in [1.29, 1.82) is 0 Å². The van der Waals surface area contributed by atoms with Gasteiger partial charge in [0.2, 0.25) is 5.82 Å². The number of rotatable bonds is 7. The molecule has 4 aromatic rings. The standard InChI is InChI=1S/C28H26F2O/c1-3-5-8-19-11-13-20(14-12-19)21-15-16-24(23-10-7-6-9-22(21)23)25-17-18-26(31-4-2)28(30)27(25)29/h6-7,9-18H,3-5,8H2,1-2H3. The molecule has 0 saturated carbocycles. The van der Waals surface area contributed by atoms with Gasteiger partial charge in [-0.15, -0.1) is 0 Å². The zero-order valence-electron chi connectivity index (χ0n) is 17.9. The number of unbranched alkanes of at least 4 members (excludes halogenated alkanes) is 1. The monoisotopic (exact) mass is 416 g/mol. The third-order valence-corrected chi connectivity index (χ3v) is 5.64. The Bertz CT molecular complexity index is 1200. The number of fused-ring (bicyclic) bond motifs is 1. The molecule has 4 rings (SSSR count). The SMILES string of the molecule is CCCCc1ccc(-c2ccc(-c3ccc(OCC)c(F)c3F)c3ccccc23)cc1. The fraction of sp³-hybridized carbons (Fsp3) is 0.214. The summed E-state index contributed by atoms with van der Waals surface area (Å²) < 4.78 is 34.6. The van der Waals surface area contributed by atoms with Crippen LogP contribution in [0.25, 0.3) is 33.0 Å². The topological polar surface area (TPSA) is 9.23 Å². The van der Waals surface area contributed by atoms with E-state index < -0.39 is 11.6 Å². The van der Waals surface area contributed by atoms with Gasteiger partial charge in [0.15, 0.2) is 11.6 Å². The summed E-state index contributed by atoms with van der Waals surface area (Å²) in [6, 6.07) is 23.5. The van der Waals surface area contributed by atoms with E-state index in [2.05, 4.69) is 31.2 Å².